The van der Waals surface area contributed by atoms with Crippen LogP contribution in [-0.4, -0.2) is 35.5 Å². The van der Waals surface area contributed by atoms with Crippen molar-refractivity contribution in [3.63, 3.8) is 0 Å². The van der Waals surface area contributed by atoms with Crippen molar-refractivity contribution in [1.29, 1.82) is 0 Å². The summed E-state index contributed by atoms with van der Waals surface area (Å²) in [6.07, 6.45) is 2.08. The molecular formula is C12H22N2O. The third kappa shape index (κ3) is 1.32. The molecule has 0 bridgehead atoms. The molecule has 2 saturated carbocycles. The third-order valence-electron chi connectivity index (χ3n) is 5.05. The largest absolute Gasteiger partial charge is 0.411 e. The van der Waals surface area contributed by atoms with Crippen LogP contribution in [0.25, 0.3) is 0 Å². The lowest BCUT2D eigenvalue weighted by molar-refractivity contribution is 0.197. The molecule has 86 valence electrons. The van der Waals surface area contributed by atoms with Crippen LogP contribution in [0.3, 0.4) is 0 Å². The van der Waals surface area contributed by atoms with Crippen molar-refractivity contribution < 1.29 is 5.21 Å². The zero-order valence-electron chi connectivity index (χ0n) is 10.4. The van der Waals surface area contributed by atoms with Crippen LogP contribution >= 0.6 is 0 Å². The summed E-state index contributed by atoms with van der Waals surface area (Å²) in [5.74, 6) is 1.53. The van der Waals surface area contributed by atoms with Gasteiger partial charge in [0.25, 0.3) is 0 Å². The first-order chi connectivity index (χ1) is 6.84. The van der Waals surface area contributed by atoms with E-state index in [0.717, 1.165) is 30.4 Å². The van der Waals surface area contributed by atoms with E-state index in [1.165, 1.54) is 0 Å². The molecule has 0 aromatic heterocycles. The molecule has 3 nitrogen and oxygen atoms in total. The van der Waals surface area contributed by atoms with E-state index in [9.17, 15) is 0 Å². The van der Waals surface area contributed by atoms with Gasteiger partial charge in [0, 0.05) is 0 Å². The molecule has 15 heavy (non-hydrogen) atoms. The van der Waals surface area contributed by atoms with E-state index < -0.39 is 0 Å². The molecule has 0 aliphatic heterocycles. The van der Waals surface area contributed by atoms with E-state index in [4.69, 9.17) is 5.21 Å². The normalized spacial score (nSPS) is 45.6. The lowest BCUT2D eigenvalue weighted by atomic mass is 9.80. The van der Waals surface area contributed by atoms with E-state index >= 15 is 0 Å². The highest BCUT2D eigenvalue weighted by atomic mass is 16.4. The van der Waals surface area contributed by atoms with Crippen molar-refractivity contribution in [2.24, 2.45) is 22.4 Å². The SMILES string of the molecule is CN(C)[C@]1(C)C[C@H]2[C@H](C/C1=N/O)C2(C)C. The highest BCUT2D eigenvalue weighted by Crippen LogP contribution is 2.66. The Kier molecular flexibility index (Phi) is 2.16. The highest BCUT2D eigenvalue weighted by molar-refractivity contribution is 5.94. The van der Waals surface area contributed by atoms with Gasteiger partial charge in [-0.2, -0.15) is 0 Å². The van der Waals surface area contributed by atoms with Crippen LogP contribution in [-0.2, 0) is 0 Å². The summed E-state index contributed by atoms with van der Waals surface area (Å²) >= 11 is 0. The molecule has 2 fully saturated rings. The molecule has 3 atom stereocenters. The van der Waals surface area contributed by atoms with Crippen LogP contribution in [0.4, 0.5) is 0 Å². The fourth-order valence-corrected chi connectivity index (χ4v) is 3.23. The number of oxime groups is 1. The average Bonchev–Trinajstić information content (AvgIpc) is 2.66. The highest BCUT2D eigenvalue weighted by Gasteiger charge is 2.63. The molecule has 0 saturated heterocycles. The predicted molar refractivity (Wildman–Crippen MR) is 61.3 cm³/mol. The van der Waals surface area contributed by atoms with Crippen molar-refractivity contribution in [2.45, 2.75) is 39.2 Å². The van der Waals surface area contributed by atoms with Crippen LogP contribution in [0.1, 0.15) is 33.6 Å². The summed E-state index contributed by atoms with van der Waals surface area (Å²) in [7, 11) is 4.14. The molecule has 3 heteroatoms. The Morgan fingerprint density at radius 2 is 1.87 bits per heavy atom. The van der Waals surface area contributed by atoms with Crippen LogP contribution < -0.4 is 0 Å². The summed E-state index contributed by atoms with van der Waals surface area (Å²) in [5, 5.41) is 12.7. The topological polar surface area (TPSA) is 35.8 Å². The van der Waals surface area contributed by atoms with E-state index in [2.05, 4.69) is 44.9 Å². The van der Waals surface area contributed by atoms with Gasteiger partial charge in [0.05, 0.1) is 11.3 Å². The molecule has 0 aromatic carbocycles. The van der Waals surface area contributed by atoms with Gasteiger partial charge in [0.1, 0.15) is 0 Å². The van der Waals surface area contributed by atoms with Gasteiger partial charge >= 0.3 is 0 Å². The Labute approximate surface area is 92.1 Å². The minimum atomic E-state index is -0.0519. The maximum absolute atomic E-state index is 9.14. The average molecular weight is 210 g/mol. The minimum Gasteiger partial charge on any atom is -0.411 e. The zero-order chi connectivity index (χ0) is 11.4. The number of nitrogens with zero attached hydrogens (tertiary/aromatic N) is 2. The Morgan fingerprint density at radius 1 is 1.27 bits per heavy atom. The first-order valence-electron chi connectivity index (χ1n) is 5.73. The Morgan fingerprint density at radius 3 is 2.33 bits per heavy atom. The van der Waals surface area contributed by atoms with Gasteiger partial charge < -0.3 is 5.21 Å². The predicted octanol–water partition coefficient (Wildman–Crippen LogP) is 2.20. The van der Waals surface area contributed by atoms with Crippen LogP contribution in [0, 0.1) is 17.3 Å². The van der Waals surface area contributed by atoms with E-state index in [0.29, 0.717) is 5.41 Å². The van der Waals surface area contributed by atoms with E-state index in [1.807, 2.05) is 0 Å². The van der Waals surface area contributed by atoms with Crippen LogP contribution in [0.15, 0.2) is 5.16 Å². The quantitative estimate of drug-likeness (QED) is 0.532. The van der Waals surface area contributed by atoms with Gasteiger partial charge in [-0.1, -0.05) is 19.0 Å². The molecule has 2 rings (SSSR count). The molecular weight excluding hydrogens is 188 g/mol. The fourth-order valence-electron chi connectivity index (χ4n) is 3.23. The van der Waals surface area contributed by atoms with Gasteiger partial charge in [-0.05, 0) is 51.1 Å². The van der Waals surface area contributed by atoms with Crippen molar-refractivity contribution in [3.05, 3.63) is 0 Å². The fraction of sp³-hybridized carbons (Fsp3) is 0.917. The number of rotatable bonds is 1. The van der Waals surface area contributed by atoms with E-state index in [1.54, 1.807) is 0 Å². The van der Waals surface area contributed by atoms with Gasteiger partial charge in [-0.25, -0.2) is 0 Å². The first-order valence-corrected chi connectivity index (χ1v) is 5.73. The van der Waals surface area contributed by atoms with Crippen molar-refractivity contribution in [1.82, 2.24) is 4.90 Å². The van der Waals surface area contributed by atoms with Crippen LogP contribution in [0.2, 0.25) is 0 Å². The van der Waals surface area contributed by atoms with Crippen LogP contribution in [0.5, 0.6) is 0 Å². The zero-order valence-corrected chi connectivity index (χ0v) is 10.4. The minimum absolute atomic E-state index is 0.0519. The molecule has 1 N–H and O–H groups in total. The maximum atomic E-state index is 9.14. The molecule has 0 radical (unpaired) electrons. The molecule has 0 heterocycles. The van der Waals surface area contributed by atoms with E-state index in [-0.39, 0.29) is 5.54 Å². The summed E-state index contributed by atoms with van der Waals surface area (Å²) in [4.78, 5) is 2.19. The molecule has 0 amide bonds. The van der Waals surface area contributed by atoms with Gasteiger partial charge in [0.2, 0.25) is 0 Å². The lowest BCUT2D eigenvalue weighted by Gasteiger charge is -2.39. The second-order valence-electron chi connectivity index (χ2n) is 6.16. The van der Waals surface area contributed by atoms with Gasteiger partial charge in [-0.15, -0.1) is 0 Å². The second-order valence-corrected chi connectivity index (χ2v) is 6.16. The smallest absolute Gasteiger partial charge is 0.0773 e. The standard InChI is InChI=1S/C12H22N2O/c1-11(2)8-6-10(13-15)12(3,14(4)5)7-9(8)11/h8-9,15H,6-7H2,1-5H3/b13-10-/t8-,9-,12+/m0/s1. The second kappa shape index (κ2) is 2.97. The molecule has 0 aromatic rings. The number of fused-ring (bicyclic) bond motifs is 1. The summed E-state index contributed by atoms with van der Waals surface area (Å²) in [6.45, 7) is 6.85. The van der Waals surface area contributed by atoms with Gasteiger partial charge in [-0.3, -0.25) is 4.90 Å². The summed E-state index contributed by atoms with van der Waals surface area (Å²) in [5.41, 5.74) is 1.35. The summed E-state index contributed by atoms with van der Waals surface area (Å²) < 4.78 is 0. The Hall–Kier alpha value is -0.570. The molecule has 0 spiro atoms. The number of hydrogen-bond acceptors (Lipinski definition) is 3. The molecule has 0 unspecified atom stereocenters. The lowest BCUT2D eigenvalue weighted by Crippen LogP contribution is -2.51. The van der Waals surface area contributed by atoms with Crippen molar-refractivity contribution in [3.8, 4) is 0 Å². The Bertz CT molecular complexity index is 309. The first kappa shape index (κ1) is 10.9. The monoisotopic (exact) mass is 210 g/mol. The molecule has 2 aliphatic carbocycles. The van der Waals surface area contributed by atoms with Gasteiger partial charge in [0.15, 0.2) is 0 Å². The molecule has 2 aliphatic rings. The third-order valence-corrected chi connectivity index (χ3v) is 5.05. The maximum Gasteiger partial charge on any atom is 0.0773 e. The van der Waals surface area contributed by atoms with Crippen molar-refractivity contribution >= 4 is 5.71 Å². The summed E-state index contributed by atoms with van der Waals surface area (Å²) in [6, 6.07) is 0. The van der Waals surface area contributed by atoms with Crippen molar-refractivity contribution in [2.75, 3.05) is 14.1 Å². The number of hydrogen-bond donors (Lipinski definition) is 1. The Balaban J connectivity index is 2.27.